The van der Waals surface area contributed by atoms with Gasteiger partial charge < -0.3 is 4.74 Å². The summed E-state index contributed by atoms with van der Waals surface area (Å²) in [5.74, 6) is 0.255. The Morgan fingerprint density at radius 1 is 1.30 bits per heavy atom. The van der Waals surface area contributed by atoms with Gasteiger partial charge >= 0.3 is 6.09 Å². The smallest absolute Gasteiger partial charge is 0.417 e. The summed E-state index contributed by atoms with van der Waals surface area (Å²) in [5, 5.41) is 0. The highest BCUT2D eigenvalue weighted by atomic mass is 16.6. The Labute approximate surface area is 118 Å². The average Bonchev–Trinajstić information content (AvgIpc) is 3.22. The van der Waals surface area contributed by atoms with Crippen molar-refractivity contribution in [3.8, 4) is 0 Å². The van der Waals surface area contributed by atoms with Gasteiger partial charge in [-0.2, -0.15) is 0 Å². The predicted molar refractivity (Wildman–Crippen MR) is 74.0 cm³/mol. The van der Waals surface area contributed by atoms with Crippen LogP contribution in [-0.4, -0.2) is 29.5 Å². The minimum Gasteiger partial charge on any atom is -0.447 e. The van der Waals surface area contributed by atoms with E-state index in [-0.39, 0.29) is 18.6 Å². The van der Waals surface area contributed by atoms with Gasteiger partial charge in [-0.25, -0.2) is 9.69 Å². The molecule has 4 heteroatoms. The van der Waals surface area contributed by atoms with E-state index < -0.39 is 6.09 Å². The molecule has 0 radical (unpaired) electrons. The van der Waals surface area contributed by atoms with Gasteiger partial charge in [0.1, 0.15) is 6.61 Å². The highest BCUT2D eigenvalue weighted by Gasteiger charge is 2.37. The molecule has 0 unspecified atom stereocenters. The number of hydrogen-bond donors (Lipinski definition) is 0. The maximum Gasteiger partial charge on any atom is 0.417 e. The maximum absolute atomic E-state index is 12.1. The number of cyclic esters (lactones) is 1. The fourth-order valence-corrected chi connectivity index (χ4v) is 2.35. The molecule has 1 saturated carbocycles. The van der Waals surface area contributed by atoms with Crippen LogP contribution in [0.2, 0.25) is 0 Å². The fourth-order valence-electron chi connectivity index (χ4n) is 2.35. The Hall–Kier alpha value is -2.10. The van der Waals surface area contributed by atoms with Crippen LogP contribution in [0.4, 0.5) is 4.79 Å². The second-order valence-electron chi connectivity index (χ2n) is 5.33. The van der Waals surface area contributed by atoms with E-state index in [1.54, 1.807) is 0 Å². The van der Waals surface area contributed by atoms with E-state index in [1.165, 1.54) is 11.0 Å². The predicted octanol–water partition coefficient (Wildman–Crippen LogP) is 2.54. The van der Waals surface area contributed by atoms with Gasteiger partial charge in [0.05, 0.1) is 6.04 Å². The first kappa shape index (κ1) is 12.9. The van der Waals surface area contributed by atoms with E-state index >= 15 is 0 Å². The van der Waals surface area contributed by atoms with Crippen molar-refractivity contribution in [2.75, 3.05) is 6.61 Å². The first-order valence-corrected chi connectivity index (χ1v) is 6.96. The summed E-state index contributed by atoms with van der Waals surface area (Å²) in [6.07, 6.45) is 5.80. The van der Waals surface area contributed by atoms with Crippen molar-refractivity contribution < 1.29 is 14.3 Å². The molecular weight excluding hydrogens is 254 g/mol. The molecule has 2 fully saturated rings. The third-order valence-electron chi connectivity index (χ3n) is 3.65. The van der Waals surface area contributed by atoms with E-state index in [0.29, 0.717) is 12.3 Å². The Balaban J connectivity index is 1.69. The quantitative estimate of drug-likeness (QED) is 0.791. The third kappa shape index (κ3) is 2.90. The first-order valence-electron chi connectivity index (χ1n) is 6.96. The molecule has 1 aliphatic heterocycles. The van der Waals surface area contributed by atoms with Gasteiger partial charge in [-0.1, -0.05) is 36.4 Å². The van der Waals surface area contributed by atoms with Crippen LogP contribution in [0.3, 0.4) is 0 Å². The second kappa shape index (κ2) is 5.49. The zero-order chi connectivity index (χ0) is 13.9. The highest BCUT2D eigenvalue weighted by Crippen LogP contribution is 2.30. The molecule has 1 aromatic carbocycles. The molecule has 0 spiro atoms. The number of nitrogens with zero attached hydrogens (tertiary/aromatic N) is 1. The van der Waals surface area contributed by atoms with Crippen LogP contribution in [0.15, 0.2) is 42.5 Å². The third-order valence-corrected chi connectivity index (χ3v) is 3.65. The lowest BCUT2D eigenvalue weighted by molar-refractivity contribution is -0.124. The SMILES string of the molecule is O=C(/C=C/C1CC1)N1C(=O)OC[C@@H]1Cc1ccccc1. The molecular formula is C16H17NO3. The summed E-state index contributed by atoms with van der Waals surface area (Å²) in [6.45, 7) is 0.275. The van der Waals surface area contributed by atoms with Gasteiger partial charge in [0.25, 0.3) is 5.91 Å². The fraction of sp³-hybridized carbons (Fsp3) is 0.375. The summed E-state index contributed by atoms with van der Waals surface area (Å²) in [5.41, 5.74) is 1.10. The van der Waals surface area contributed by atoms with Crippen molar-refractivity contribution in [3.05, 3.63) is 48.0 Å². The molecule has 1 aromatic rings. The Kier molecular flexibility index (Phi) is 3.54. The number of rotatable bonds is 4. The van der Waals surface area contributed by atoms with Crippen LogP contribution in [0.25, 0.3) is 0 Å². The molecule has 0 aromatic heterocycles. The molecule has 4 nitrogen and oxygen atoms in total. The Morgan fingerprint density at radius 3 is 2.75 bits per heavy atom. The van der Waals surface area contributed by atoms with Crippen molar-refractivity contribution in [2.45, 2.75) is 25.3 Å². The summed E-state index contributed by atoms with van der Waals surface area (Å²) in [6, 6.07) is 9.62. The van der Waals surface area contributed by atoms with E-state index in [4.69, 9.17) is 4.74 Å². The molecule has 1 heterocycles. The summed E-state index contributed by atoms with van der Waals surface area (Å²) in [4.78, 5) is 25.1. The normalized spacial score (nSPS) is 22.3. The molecule has 1 saturated heterocycles. The van der Waals surface area contributed by atoms with Crippen LogP contribution in [0.5, 0.6) is 0 Å². The van der Waals surface area contributed by atoms with Gasteiger partial charge in [-0.05, 0) is 36.8 Å². The zero-order valence-corrected chi connectivity index (χ0v) is 11.2. The molecule has 3 rings (SSSR count). The van der Waals surface area contributed by atoms with Gasteiger partial charge in [-0.3, -0.25) is 4.79 Å². The number of carbonyl (C=O) groups is 2. The van der Waals surface area contributed by atoms with E-state index in [1.807, 2.05) is 36.4 Å². The van der Waals surface area contributed by atoms with Crippen LogP contribution >= 0.6 is 0 Å². The van der Waals surface area contributed by atoms with Gasteiger partial charge in [0, 0.05) is 0 Å². The van der Waals surface area contributed by atoms with Crippen molar-refractivity contribution in [1.29, 1.82) is 0 Å². The molecule has 104 valence electrons. The molecule has 20 heavy (non-hydrogen) atoms. The van der Waals surface area contributed by atoms with Crippen LogP contribution in [0, 0.1) is 5.92 Å². The van der Waals surface area contributed by atoms with Gasteiger partial charge in [-0.15, -0.1) is 0 Å². The Bertz CT molecular complexity index is 534. The monoisotopic (exact) mass is 271 g/mol. The van der Waals surface area contributed by atoms with Crippen LogP contribution in [0.1, 0.15) is 18.4 Å². The number of allylic oxidation sites excluding steroid dienone is 1. The number of carbonyl (C=O) groups excluding carboxylic acids is 2. The van der Waals surface area contributed by atoms with E-state index in [9.17, 15) is 9.59 Å². The standard InChI is InChI=1S/C16H17NO3/c18-15(9-8-12-6-7-12)17-14(11-20-16(17)19)10-13-4-2-1-3-5-13/h1-5,8-9,12,14H,6-7,10-11H2/b9-8+/t14-/m0/s1. The van der Waals surface area contributed by atoms with Crippen molar-refractivity contribution in [3.63, 3.8) is 0 Å². The minimum atomic E-state index is -0.531. The maximum atomic E-state index is 12.1. The molecule has 2 amide bonds. The average molecular weight is 271 g/mol. The summed E-state index contributed by atoms with van der Waals surface area (Å²) >= 11 is 0. The largest absolute Gasteiger partial charge is 0.447 e. The van der Waals surface area contributed by atoms with E-state index in [2.05, 4.69) is 0 Å². The van der Waals surface area contributed by atoms with Crippen LogP contribution < -0.4 is 0 Å². The van der Waals surface area contributed by atoms with E-state index in [0.717, 1.165) is 18.4 Å². The molecule has 1 atom stereocenters. The molecule has 1 aliphatic carbocycles. The Morgan fingerprint density at radius 2 is 2.05 bits per heavy atom. The van der Waals surface area contributed by atoms with Crippen molar-refractivity contribution >= 4 is 12.0 Å². The molecule has 0 N–H and O–H groups in total. The van der Waals surface area contributed by atoms with Crippen molar-refractivity contribution in [1.82, 2.24) is 4.90 Å². The number of amides is 2. The number of hydrogen-bond acceptors (Lipinski definition) is 3. The number of benzene rings is 1. The zero-order valence-electron chi connectivity index (χ0n) is 11.2. The lowest BCUT2D eigenvalue weighted by Gasteiger charge is -2.18. The topological polar surface area (TPSA) is 46.6 Å². The second-order valence-corrected chi connectivity index (χ2v) is 5.33. The van der Waals surface area contributed by atoms with Crippen LogP contribution in [-0.2, 0) is 16.0 Å². The molecule has 0 bridgehead atoms. The summed E-state index contributed by atoms with van der Waals surface area (Å²) in [7, 11) is 0. The van der Waals surface area contributed by atoms with Gasteiger partial charge in [0.15, 0.2) is 0 Å². The lowest BCUT2D eigenvalue weighted by atomic mass is 10.1. The number of imide groups is 1. The first-order chi connectivity index (χ1) is 9.74. The molecule has 2 aliphatic rings. The highest BCUT2D eigenvalue weighted by molar-refractivity contribution is 5.99. The van der Waals surface area contributed by atoms with Gasteiger partial charge in [0.2, 0.25) is 0 Å². The number of ether oxygens (including phenoxy) is 1. The summed E-state index contributed by atoms with van der Waals surface area (Å²) < 4.78 is 5.03. The minimum absolute atomic E-state index is 0.207. The van der Waals surface area contributed by atoms with Crippen molar-refractivity contribution in [2.24, 2.45) is 5.92 Å². The lowest BCUT2D eigenvalue weighted by Crippen LogP contribution is -2.39.